The molecule has 0 spiro atoms. The van der Waals surface area contributed by atoms with Gasteiger partial charge in [-0.05, 0) is 26.3 Å². The van der Waals surface area contributed by atoms with Crippen LogP contribution in [0, 0.1) is 0 Å². The summed E-state index contributed by atoms with van der Waals surface area (Å²) in [5.41, 5.74) is 0.242. The molecule has 1 aliphatic heterocycles. The molecular formula is C21H27N5O4. The molecule has 4 rings (SSSR count). The number of hydrogen-bond donors (Lipinski definition) is 4. The monoisotopic (exact) mass is 413 g/mol. The molecule has 1 aromatic carbocycles. The molecule has 0 amide bonds. The Labute approximate surface area is 174 Å². The third kappa shape index (κ3) is 3.54. The Morgan fingerprint density at radius 2 is 1.87 bits per heavy atom. The van der Waals surface area contributed by atoms with Crippen molar-refractivity contribution in [1.29, 1.82) is 0 Å². The highest BCUT2D eigenvalue weighted by Gasteiger charge is 2.56. The molecule has 1 aliphatic rings. The molecule has 0 radical (unpaired) electrons. The van der Waals surface area contributed by atoms with Crippen LogP contribution in [0.5, 0.6) is 0 Å². The number of ether oxygens (including phenoxy) is 1. The van der Waals surface area contributed by atoms with E-state index in [9.17, 15) is 15.3 Å². The molecule has 1 saturated heterocycles. The maximum absolute atomic E-state index is 11.1. The summed E-state index contributed by atoms with van der Waals surface area (Å²) in [5, 5.41) is 34.6. The van der Waals surface area contributed by atoms with E-state index in [0.717, 1.165) is 5.56 Å². The molecule has 160 valence electrons. The van der Waals surface area contributed by atoms with Gasteiger partial charge in [-0.2, -0.15) is 0 Å². The summed E-state index contributed by atoms with van der Waals surface area (Å²) < 4.78 is 7.75. The van der Waals surface area contributed by atoms with Crippen LogP contribution in [0.2, 0.25) is 0 Å². The van der Waals surface area contributed by atoms with Gasteiger partial charge in [0.1, 0.15) is 24.6 Å². The molecule has 0 unspecified atom stereocenters. The first-order valence-electron chi connectivity index (χ1n) is 9.90. The van der Waals surface area contributed by atoms with Crippen molar-refractivity contribution >= 4 is 17.0 Å². The largest absolute Gasteiger partial charge is 0.394 e. The topological polar surface area (TPSA) is 126 Å². The molecule has 0 saturated carbocycles. The average Bonchev–Trinajstić information content (AvgIpc) is 3.24. The Kier molecular flexibility index (Phi) is 5.23. The number of fused-ring (bicyclic) bond motifs is 1. The van der Waals surface area contributed by atoms with E-state index < -0.39 is 30.6 Å². The molecule has 9 nitrogen and oxygen atoms in total. The average molecular weight is 413 g/mol. The van der Waals surface area contributed by atoms with Crippen LogP contribution in [0.1, 0.15) is 26.3 Å². The van der Waals surface area contributed by atoms with E-state index in [0.29, 0.717) is 17.0 Å². The van der Waals surface area contributed by atoms with Crippen LogP contribution in [0.15, 0.2) is 43.0 Å². The van der Waals surface area contributed by atoms with Crippen LogP contribution < -0.4 is 5.32 Å². The lowest BCUT2D eigenvalue weighted by atomic mass is 9.95. The number of hydrogen-bond acceptors (Lipinski definition) is 8. The number of aliphatic hydroxyl groups is 3. The SMILES string of the molecule is CC(C)(C)Nc1ncnc2c1ncn2[C@]1(Cc2ccccc2)O[C@H](CO)[C@@H](O)[C@H]1O. The lowest BCUT2D eigenvalue weighted by Gasteiger charge is -2.34. The molecule has 2 aromatic heterocycles. The van der Waals surface area contributed by atoms with Gasteiger partial charge in [-0.15, -0.1) is 0 Å². The zero-order valence-corrected chi connectivity index (χ0v) is 17.2. The third-order valence-corrected chi connectivity index (χ3v) is 5.24. The summed E-state index contributed by atoms with van der Waals surface area (Å²) in [6.07, 6.45) is -0.292. The van der Waals surface area contributed by atoms with E-state index in [1.54, 1.807) is 4.57 Å². The lowest BCUT2D eigenvalue weighted by Crippen LogP contribution is -2.47. The first kappa shape index (κ1) is 20.7. The summed E-state index contributed by atoms with van der Waals surface area (Å²) in [5.74, 6) is 0.563. The van der Waals surface area contributed by atoms with Crippen LogP contribution in [-0.4, -0.2) is 65.3 Å². The third-order valence-electron chi connectivity index (χ3n) is 5.24. The van der Waals surface area contributed by atoms with Crippen LogP contribution in [-0.2, 0) is 16.9 Å². The van der Waals surface area contributed by atoms with Crippen molar-refractivity contribution in [2.24, 2.45) is 0 Å². The highest BCUT2D eigenvalue weighted by molar-refractivity contribution is 5.83. The second-order valence-corrected chi connectivity index (χ2v) is 8.67. The Hall–Kier alpha value is -2.59. The van der Waals surface area contributed by atoms with E-state index in [-0.39, 0.29) is 12.0 Å². The molecular weight excluding hydrogens is 386 g/mol. The minimum absolute atomic E-state index is 0.242. The zero-order chi connectivity index (χ0) is 21.5. The molecule has 4 atom stereocenters. The van der Waals surface area contributed by atoms with Gasteiger partial charge in [0.25, 0.3) is 0 Å². The number of benzene rings is 1. The van der Waals surface area contributed by atoms with Crippen molar-refractivity contribution in [3.63, 3.8) is 0 Å². The molecule has 3 aromatic rings. The summed E-state index contributed by atoms with van der Waals surface area (Å²) in [4.78, 5) is 13.2. The van der Waals surface area contributed by atoms with E-state index in [4.69, 9.17) is 4.74 Å². The van der Waals surface area contributed by atoms with Crippen molar-refractivity contribution < 1.29 is 20.1 Å². The Balaban J connectivity index is 1.86. The smallest absolute Gasteiger partial charge is 0.180 e. The lowest BCUT2D eigenvalue weighted by molar-refractivity contribution is -0.145. The van der Waals surface area contributed by atoms with Gasteiger partial charge in [0.05, 0.1) is 12.9 Å². The van der Waals surface area contributed by atoms with E-state index in [1.807, 2.05) is 51.1 Å². The highest BCUT2D eigenvalue weighted by atomic mass is 16.6. The van der Waals surface area contributed by atoms with Gasteiger partial charge >= 0.3 is 0 Å². The first-order valence-corrected chi connectivity index (χ1v) is 9.90. The van der Waals surface area contributed by atoms with E-state index >= 15 is 0 Å². The predicted molar refractivity (Wildman–Crippen MR) is 111 cm³/mol. The van der Waals surface area contributed by atoms with Gasteiger partial charge in [0.2, 0.25) is 0 Å². The molecule has 4 N–H and O–H groups in total. The molecule has 1 fully saturated rings. The number of anilines is 1. The summed E-state index contributed by atoms with van der Waals surface area (Å²) >= 11 is 0. The fourth-order valence-corrected chi connectivity index (χ4v) is 3.89. The van der Waals surface area contributed by atoms with Crippen molar-refractivity contribution in [2.75, 3.05) is 11.9 Å². The van der Waals surface area contributed by atoms with E-state index in [2.05, 4.69) is 20.3 Å². The van der Waals surface area contributed by atoms with Crippen LogP contribution >= 0.6 is 0 Å². The molecule has 3 heterocycles. The summed E-state index contributed by atoms with van der Waals surface area (Å²) in [7, 11) is 0. The van der Waals surface area contributed by atoms with Gasteiger partial charge < -0.3 is 25.4 Å². The number of aliphatic hydroxyl groups excluding tert-OH is 3. The quantitative estimate of drug-likeness (QED) is 0.489. The van der Waals surface area contributed by atoms with Gasteiger partial charge in [-0.1, -0.05) is 30.3 Å². The van der Waals surface area contributed by atoms with Crippen LogP contribution in [0.4, 0.5) is 5.82 Å². The number of nitrogens with zero attached hydrogens (tertiary/aromatic N) is 4. The summed E-state index contributed by atoms with van der Waals surface area (Å²) in [6.45, 7) is 5.62. The molecule has 30 heavy (non-hydrogen) atoms. The van der Waals surface area contributed by atoms with Gasteiger partial charge in [-0.3, -0.25) is 4.57 Å². The van der Waals surface area contributed by atoms with Crippen molar-refractivity contribution in [3.05, 3.63) is 48.5 Å². The van der Waals surface area contributed by atoms with Crippen molar-refractivity contribution in [3.8, 4) is 0 Å². The fourth-order valence-electron chi connectivity index (χ4n) is 3.89. The second kappa shape index (κ2) is 7.59. The van der Waals surface area contributed by atoms with Gasteiger partial charge in [0.15, 0.2) is 22.7 Å². The minimum atomic E-state index is -1.39. The Morgan fingerprint density at radius 1 is 1.13 bits per heavy atom. The number of rotatable bonds is 5. The van der Waals surface area contributed by atoms with Crippen LogP contribution in [0.25, 0.3) is 11.2 Å². The minimum Gasteiger partial charge on any atom is -0.394 e. The maximum atomic E-state index is 11.1. The van der Waals surface area contributed by atoms with Crippen molar-refractivity contribution in [2.45, 2.75) is 56.8 Å². The van der Waals surface area contributed by atoms with Gasteiger partial charge in [-0.25, -0.2) is 15.0 Å². The summed E-state index contributed by atoms with van der Waals surface area (Å²) in [6, 6.07) is 9.51. The molecule has 0 bridgehead atoms. The zero-order valence-electron chi connectivity index (χ0n) is 17.2. The normalized spacial score (nSPS) is 26.9. The number of imidazole rings is 1. The number of nitrogens with one attached hydrogen (secondary N) is 1. The standard InChI is InChI=1S/C21H27N5O4/c1-20(2,3)25-18-15-19(23-11-22-18)26(12-24-15)21(9-13-7-5-4-6-8-13)17(29)16(28)14(10-27)30-21/h4-8,11-12,14,16-17,27-29H,9-10H2,1-3H3,(H,22,23,25)/t14-,16-,17-,21-/m1/s1. The van der Waals surface area contributed by atoms with Crippen molar-refractivity contribution in [1.82, 2.24) is 19.5 Å². The van der Waals surface area contributed by atoms with Crippen LogP contribution in [0.3, 0.4) is 0 Å². The maximum Gasteiger partial charge on any atom is 0.180 e. The first-order chi connectivity index (χ1) is 14.2. The molecule has 9 heteroatoms. The Bertz CT molecular complexity index is 1020. The molecule has 0 aliphatic carbocycles. The van der Waals surface area contributed by atoms with E-state index in [1.165, 1.54) is 12.7 Å². The predicted octanol–water partition coefficient (Wildman–Crippen LogP) is 1.05. The van der Waals surface area contributed by atoms with Gasteiger partial charge in [0, 0.05) is 12.0 Å². The Morgan fingerprint density at radius 3 is 2.50 bits per heavy atom. The fraction of sp³-hybridized carbons (Fsp3) is 0.476. The second-order valence-electron chi connectivity index (χ2n) is 8.67. The highest BCUT2D eigenvalue weighted by Crippen LogP contribution is 2.40. The number of aromatic nitrogens is 4.